The van der Waals surface area contributed by atoms with Gasteiger partial charge in [0.15, 0.2) is 11.9 Å². The van der Waals surface area contributed by atoms with Crippen LogP contribution in [0, 0.1) is 6.92 Å². The maximum Gasteiger partial charge on any atom is 0.243 e. The number of hydrazone groups is 1. The van der Waals surface area contributed by atoms with Crippen molar-refractivity contribution in [3.05, 3.63) is 41.5 Å². The Kier molecular flexibility index (Phi) is 4.21. The second kappa shape index (κ2) is 6.07. The first kappa shape index (κ1) is 13.9. The molecule has 7 heteroatoms. The topological polar surface area (TPSA) is 94.5 Å². The van der Waals surface area contributed by atoms with Crippen LogP contribution in [-0.2, 0) is 13.7 Å². The lowest BCUT2D eigenvalue weighted by Crippen LogP contribution is -2.33. The molecule has 0 aromatic carbocycles. The fourth-order valence-corrected chi connectivity index (χ4v) is 1.70. The van der Waals surface area contributed by atoms with Crippen LogP contribution in [0.5, 0.6) is 5.75 Å². The molecule has 0 saturated carbocycles. The molecule has 0 aliphatic heterocycles. The van der Waals surface area contributed by atoms with Gasteiger partial charge in [0.25, 0.3) is 0 Å². The lowest BCUT2D eigenvalue weighted by Gasteiger charge is -2.06. The average Bonchev–Trinajstić information content (AvgIpc) is 2.48. The van der Waals surface area contributed by atoms with Crippen LogP contribution in [0.4, 0.5) is 5.95 Å². The molecule has 2 aromatic rings. The van der Waals surface area contributed by atoms with Gasteiger partial charge in [0.1, 0.15) is 7.05 Å². The zero-order valence-corrected chi connectivity index (χ0v) is 11.3. The number of aliphatic hydroxyl groups is 1. The van der Waals surface area contributed by atoms with E-state index >= 15 is 0 Å². The number of nitrogens with one attached hydrogen (secondary N) is 1. The Labute approximate surface area is 116 Å². The molecule has 0 aliphatic rings. The molecule has 20 heavy (non-hydrogen) atoms. The number of aromatic nitrogens is 3. The Balaban J connectivity index is 2.27. The molecule has 0 fully saturated rings. The summed E-state index contributed by atoms with van der Waals surface area (Å²) >= 11 is 0. The first-order valence-corrected chi connectivity index (χ1v) is 6.01. The van der Waals surface area contributed by atoms with Gasteiger partial charge >= 0.3 is 0 Å². The Bertz CT molecular complexity index is 628. The number of hydrogen-bond donors (Lipinski definition) is 3. The van der Waals surface area contributed by atoms with Crippen molar-refractivity contribution in [1.29, 1.82) is 0 Å². The average molecular weight is 274 g/mol. The van der Waals surface area contributed by atoms with Crippen molar-refractivity contribution < 1.29 is 14.8 Å². The van der Waals surface area contributed by atoms with Gasteiger partial charge in [0, 0.05) is 19.3 Å². The Hall–Kier alpha value is -2.54. The van der Waals surface area contributed by atoms with E-state index in [0.29, 0.717) is 22.8 Å². The minimum Gasteiger partial charge on any atom is -0.502 e. The van der Waals surface area contributed by atoms with Crippen molar-refractivity contribution in [3.8, 4) is 5.75 Å². The zero-order valence-electron chi connectivity index (χ0n) is 11.3. The Morgan fingerprint density at radius 1 is 1.40 bits per heavy atom. The van der Waals surface area contributed by atoms with Crippen LogP contribution >= 0.6 is 0 Å². The van der Waals surface area contributed by atoms with E-state index in [-0.39, 0.29) is 12.4 Å². The second-order valence-corrected chi connectivity index (χ2v) is 4.21. The predicted octanol–water partition coefficient (Wildman–Crippen LogP) is 0.253. The van der Waals surface area contributed by atoms with Crippen molar-refractivity contribution in [2.75, 3.05) is 5.43 Å². The molecule has 0 bridgehead atoms. The summed E-state index contributed by atoms with van der Waals surface area (Å²) < 4.78 is 1.74. The van der Waals surface area contributed by atoms with Gasteiger partial charge in [0.2, 0.25) is 11.6 Å². The van der Waals surface area contributed by atoms with E-state index in [1.807, 2.05) is 0 Å². The molecule has 0 amide bonds. The van der Waals surface area contributed by atoms with Gasteiger partial charge in [-0.25, -0.2) is 20.0 Å². The van der Waals surface area contributed by atoms with Crippen LogP contribution in [0.1, 0.15) is 16.8 Å². The van der Waals surface area contributed by atoms with E-state index in [9.17, 15) is 10.2 Å². The van der Waals surface area contributed by atoms with Crippen molar-refractivity contribution in [2.45, 2.75) is 13.5 Å². The van der Waals surface area contributed by atoms with Crippen molar-refractivity contribution >= 4 is 12.2 Å². The summed E-state index contributed by atoms with van der Waals surface area (Å²) in [6.07, 6.45) is 6.36. The first-order chi connectivity index (χ1) is 9.63. The molecule has 104 valence electrons. The quantitative estimate of drug-likeness (QED) is 0.422. The molecule has 3 N–H and O–H groups in total. The normalized spacial score (nSPS) is 10.9. The van der Waals surface area contributed by atoms with Gasteiger partial charge in [0.05, 0.1) is 23.9 Å². The third-order valence-electron chi connectivity index (χ3n) is 2.92. The second-order valence-electron chi connectivity index (χ2n) is 4.21. The van der Waals surface area contributed by atoms with Crippen LogP contribution in [0.15, 0.2) is 29.8 Å². The summed E-state index contributed by atoms with van der Waals surface area (Å²) in [4.78, 5) is 7.91. The number of nitrogens with zero attached hydrogens (tertiary/aromatic N) is 4. The largest absolute Gasteiger partial charge is 0.502 e. The number of pyridine rings is 1. The minimum atomic E-state index is -0.190. The minimum absolute atomic E-state index is 0.0820. The third-order valence-corrected chi connectivity index (χ3v) is 2.92. The summed E-state index contributed by atoms with van der Waals surface area (Å²) in [5.41, 5.74) is 4.38. The third kappa shape index (κ3) is 2.89. The number of aromatic hydroxyl groups is 1. The predicted molar refractivity (Wildman–Crippen MR) is 73.2 cm³/mol. The van der Waals surface area contributed by atoms with Gasteiger partial charge in [-0.1, -0.05) is 0 Å². The molecule has 0 radical (unpaired) electrons. The highest BCUT2D eigenvalue weighted by atomic mass is 16.3. The van der Waals surface area contributed by atoms with Gasteiger partial charge in [-0.3, -0.25) is 0 Å². The Morgan fingerprint density at radius 3 is 2.75 bits per heavy atom. The van der Waals surface area contributed by atoms with E-state index in [2.05, 4.69) is 20.5 Å². The van der Waals surface area contributed by atoms with E-state index < -0.39 is 0 Å². The molecule has 2 rings (SSSR count). The molecule has 7 nitrogen and oxygen atoms in total. The number of anilines is 1. The van der Waals surface area contributed by atoms with Crippen LogP contribution < -0.4 is 9.99 Å². The van der Waals surface area contributed by atoms with E-state index in [1.54, 1.807) is 43.2 Å². The molecule has 2 heterocycles. The van der Waals surface area contributed by atoms with Gasteiger partial charge in [-0.15, -0.1) is 0 Å². The standard InChI is InChI=1S/C13H15N5O2/c1-9-12(20)11(10(8-19)7-18(9)2)6-16-17-13-14-4-3-5-15-13/h3-7,19-20H,8H2,1-2H3/p+1. The Morgan fingerprint density at radius 2 is 2.10 bits per heavy atom. The molecule has 0 aliphatic carbocycles. The summed E-state index contributed by atoms with van der Waals surface area (Å²) in [7, 11) is 1.80. The molecule has 0 unspecified atom stereocenters. The number of hydrogen-bond acceptors (Lipinski definition) is 6. The first-order valence-electron chi connectivity index (χ1n) is 6.01. The van der Waals surface area contributed by atoms with Crippen LogP contribution in [0.25, 0.3) is 0 Å². The smallest absolute Gasteiger partial charge is 0.243 e. The van der Waals surface area contributed by atoms with Crippen LogP contribution in [0.2, 0.25) is 0 Å². The maximum absolute atomic E-state index is 10.1. The molecular formula is C13H16N5O2+. The molecular weight excluding hydrogens is 258 g/mol. The SMILES string of the molecule is Cc1c(O)c(/C=N/Nc2ncccn2)c(CO)c[n+]1C. The van der Waals surface area contributed by atoms with Crippen LogP contribution in [0.3, 0.4) is 0 Å². The maximum atomic E-state index is 10.1. The summed E-state index contributed by atoms with van der Waals surface area (Å²) in [6.45, 7) is 1.59. The number of aliphatic hydroxyl groups excluding tert-OH is 1. The summed E-state index contributed by atoms with van der Waals surface area (Å²) in [5.74, 6) is 0.436. The fraction of sp³-hybridized carbons (Fsp3) is 0.231. The zero-order chi connectivity index (χ0) is 14.5. The summed E-state index contributed by atoms with van der Waals surface area (Å²) in [6, 6.07) is 1.70. The van der Waals surface area contributed by atoms with Crippen molar-refractivity contribution in [3.63, 3.8) is 0 Å². The van der Waals surface area contributed by atoms with E-state index in [4.69, 9.17) is 0 Å². The highest BCUT2D eigenvalue weighted by Crippen LogP contribution is 2.20. The number of rotatable bonds is 4. The monoisotopic (exact) mass is 274 g/mol. The number of aryl methyl sites for hydroxylation is 1. The fourth-order valence-electron chi connectivity index (χ4n) is 1.70. The molecule has 0 spiro atoms. The van der Waals surface area contributed by atoms with E-state index in [1.165, 1.54) is 6.21 Å². The van der Waals surface area contributed by atoms with Crippen molar-refractivity contribution in [1.82, 2.24) is 9.97 Å². The lowest BCUT2D eigenvalue weighted by molar-refractivity contribution is -0.678. The van der Waals surface area contributed by atoms with Gasteiger partial charge in [-0.05, 0) is 6.07 Å². The molecule has 0 saturated heterocycles. The highest BCUT2D eigenvalue weighted by Gasteiger charge is 2.17. The molecule has 2 aromatic heterocycles. The molecule has 0 atom stereocenters. The summed E-state index contributed by atoms with van der Waals surface area (Å²) in [5, 5.41) is 23.4. The van der Waals surface area contributed by atoms with Crippen LogP contribution in [-0.4, -0.2) is 26.4 Å². The van der Waals surface area contributed by atoms with Gasteiger partial charge in [-0.2, -0.15) is 5.10 Å². The lowest BCUT2D eigenvalue weighted by atomic mass is 10.1. The van der Waals surface area contributed by atoms with E-state index in [0.717, 1.165) is 0 Å². The highest BCUT2D eigenvalue weighted by molar-refractivity contribution is 5.85. The van der Waals surface area contributed by atoms with Crippen molar-refractivity contribution in [2.24, 2.45) is 12.1 Å². The van der Waals surface area contributed by atoms with Gasteiger partial charge < -0.3 is 10.2 Å².